The van der Waals surface area contributed by atoms with E-state index in [2.05, 4.69) is 24.8 Å². The maximum Gasteiger partial charge on any atom is 0.124 e. The highest BCUT2D eigenvalue weighted by atomic mass is 32.2. The van der Waals surface area contributed by atoms with Crippen molar-refractivity contribution in [3.63, 3.8) is 0 Å². The summed E-state index contributed by atoms with van der Waals surface area (Å²) in [6, 6.07) is 6.52. The van der Waals surface area contributed by atoms with E-state index in [0.717, 1.165) is 18.8 Å². The molecule has 0 saturated carbocycles. The predicted molar refractivity (Wildman–Crippen MR) is 69.8 cm³/mol. The Morgan fingerprint density at radius 1 is 1.35 bits per heavy atom. The molecule has 2 unspecified atom stereocenters. The van der Waals surface area contributed by atoms with E-state index in [9.17, 15) is 4.39 Å². The van der Waals surface area contributed by atoms with Gasteiger partial charge in [0.05, 0.1) is 11.3 Å². The lowest BCUT2D eigenvalue weighted by Crippen LogP contribution is -2.40. The van der Waals surface area contributed by atoms with Gasteiger partial charge in [-0.05, 0) is 18.2 Å². The zero-order valence-corrected chi connectivity index (χ0v) is 10.8. The van der Waals surface area contributed by atoms with E-state index in [1.165, 1.54) is 12.1 Å². The van der Waals surface area contributed by atoms with Crippen LogP contribution in [-0.2, 0) is 0 Å². The van der Waals surface area contributed by atoms with E-state index in [4.69, 9.17) is 5.26 Å². The zero-order chi connectivity index (χ0) is 12.4. The zero-order valence-electron chi connectivity index (χ0n) is 9.98. The van der Waals surface area contributed by atoms with Gasteiger partial charge in [0.25, 0.3) is 0 Å². The van der Waals surface area contributed by atoms with E-state index >= 15 is 0 Å². The Labute approximate surface area is 105 Å². The van der Waals surface area contributed by atoms with Crippen molar-refractivity contribution >= 4 is 17.4 Å². The van der Waals surface area contributed by atoms with Gasteiger partial charge in [-0.15, -0.1) is 0 Å². The first-order chi connectivity index (χ1) is 8.10. The lowest BCUT2D eigenvalue weighted by Gasteiger charge is -2.36. The Balaban J connectivity index is 2.30. The summed E-state index contributed by atoms with van der Waals surface area (Å²) in [6.07, 6.45) is 0. The van der Waals surface area contributed by atoms with Crippen LogP contribution >= 0.6 is 11.8 Å². The van der Waals surface area contributed by atoms with Crippen molar-refractivity contribution in [3.8, 4) is 6.07 Å². The normalized spacial score (nSPS) is 24.5. The molecule has 1 aromatic rings. The second-order valence-corrected chi connectivity index (χ2v) is 6.32. The van der Waals surface area contributed by atoms with Crippen LogP contribution in [0, 0.1) is 17.1 Å². The summed E-state index contributed by atoms with van der Waals surface area (Å²) in [6.45, 7) is 6.19. The Morgan fingerprint density at radius 2 is 2.00 bits per heavy atom. The Kier molecular flexibility index (Phi) is 3.58. The van der Waals surface area contributed by atoms with Gasteiger partial charge >= 0.3 is 0 Å². The van der Waals surface area contributed by atoms with Crippen LogP contribution in [0.5, 0.6) is 0 Å². The Bertz CT molecular complexity index is 445. The third-order valence-corrected chi connectivity index (χ3v) is 4.07. The fourth-order valence-electron chi connectivity index (χ4n) is 2.25. The van der Waals surface area contributed by atoms with E-state index in [0.29, 0.717) is 16.1 Å². The van der Waals surface area contributed by atoms with Gasteiger partial charge in [0.1, 0.15) is 11.9 Å². The molecule has 4 heteroatoms. The third-order valence-electron chi connectivity index (χ3n) is 2.84. The molecule has 0 spiro atoms. The molecule has 2 rings (SSSR count). The molecule has 0 aliphatic carbocycles. The summed E-state index contributed by atoms with van der Waals surface area (Å²) in [5.74, 6) is -0.349. The lowest BCUT2D eigenvalue weighted by atomic mass is 10.1. The molecule has 90 valence electrons. The lowest BCUT2D eigenvalue weighted by molar-refractivity contribution is 0.626. The van der Waals surface area contributed by atoms with Crippen molar-refractivity contribution in [2.24, 2.45) is 0 Å². The summed E-state index contributed by atoms with van der Waals surface area (Å²) in [4.78, 5) is 2.18. The summed E-state index contributed by atoms with van der Waals surface area (Å²) >= 11 is 1.96. The van der Waals surface area contributed by atoms with E-state index < -0.39 is 0 Å². The van der Waals surface area contributed by atoms with Gasteiger partial charge in [0, 0.05) is 23.6 Å². The quantitative estimate of drug-likeness (QED) is 0.766. The summed E-state index contributed by atoms with van der Waals surface area (Å²) in [5.41, 5.74) is 1.28. The van der Waals surface area contributed by atoms with Crippen LogP contribution in [0.4, 0.5) is 10.1 Å². The fraction of sp³-hybridized carbons (Fsp3) is 0.462. The van der Waals surface area contributed by atoms with Crippen molar-refractivity contribution in [2.75, 3.05) is 18.0 Å². The van der Waals surface area contributed by atoms with Crippen LogP contribution in [0.25, 0.3) is 0 Å². The molecule has 17 heavy (non-hydrogen) atoms. The highest BCUT2D eigenvalue weighted by molar-refractivity contribution is 8.00. The first-order valence-electron chi connectivity index (χ1n) is 5.70. The van der Waals surface area contributed by atoms with Crippen LogP contribution in [-0.4, -0.2) is 23.6 Å². The minimum Gasteiger partial charge on any atom is -0.368 e. The molecule has 0 amide bonds. The molecule has 0 N–H and O–H groups in total. The number of nitriles is 1. The molecular weight excluding hydrogens is 235 g/mol. The standard InChI is InChI=1S/C13H15FN2S/c1-9-7-16(8-10(2)17-9)13-4-3-12(14)5-11(13)6-15/h3-5,9-10H,7-8H2,1-2H3. The highest BCUT2D eigenvalue weighted by Gasteiger charge is 2.24. The van der Waals surface area contributed by atoms with Crippen LogP contribution in [0.3, 0.4) is 0 Å². The van der Waals surface area contributed by atoms with E-state index in [1.54, 1.807) is 6.07 Å². The number of anilines is 1. The summed E-state index contributed by atoms with van der Waals surface area (Å²) < 4.78 is 13.1. The van der Waals surface area contributed by atoms with Crippen molar-refractivity contribution in [3.05, 3.63) is 29.6 Å². The minimum atomic E-state index is -0.349. The van der Waals surface area contributed by atoms with Gasteiger partial charge in [-0.1, -0.05) is 13.8 Å². The second kappa shape index (κ2) is 4.97. The first-order valence-corrected chi connectivity index (χ1v) is 6.64. The van der Waals surface area contributed by atoms with Gasteiger partial charge < -0.3 is 4.90 Å². The van der Waals surface area contributed by atoms with Crippen molar-refractivity contribution in [2.45, 2.75) is 24.3 Å². The molecule has 1 aromatic carbocycles. The summed E-state index contributed by atoms with van der Waals surface area (Å²) in [7, 11) is 0. The molecule has 1 aliphatic heterocycles. The maximum absolute atomic E-state index is 13.1. The number of hydrogen-bond donors (Lipinski definition) is 0. The van der Waals surface area contributed by atoms with Gasteiger partial charge in [-0.25, -0.2) is 4.39 Å². The second-order valence-electron chi connectivity index (χ2n) is 4.44. The van der Waals surface area contributed by atoms with Crippen LogP contribution in [0.1, 0.15) is 19.4 Å². The Morgan fingerprint density at radius 3 is 2.59 bits per heavy atom. The molecule has 0 radical (unpaired) electrons. The molecule has 1 heterocycles. The van der Waals surface area contributed by atoms with Gasteiger partial charge in [0.2, 0.25) is 0 Å². The number of thioether (sulfide) groups is 1. The molecule has 2 nitrogen and oxygen atoms in total. The largest absolute Gasteiger partial charge is 0.368 e. The predicted octanol–water partition coefficient (Wildman–Crippen LogP) is 3.03. The molecule has 1 fully saturated rings. The third kappa shape index (κ3) is 2.73. The fourth-order valence-corrected chi connectivity index (χ4v) is 3.57. The monoisotopic (exact) mass is 250 g/mol. The van der Waals surface area contributed by atoms with Gasteiger partial charge in [-0.2, -0.15) is 17.0 Å². The number of halogens is 1. The molecule has 1 aliphatic rings. The van der Waals surface area contributed by atoms with Crippen molar-refractivity contribution < 1.29 is 4.39 Å². The topological polar surface area (TPSA) is 27.0 Å². The summed E-state index contributed by atoms with van der Waals surface area (Å²) in [5, 5.41) is 10.1. The van der Waals surface area contributed by atoms with Gasteiger partial charge in [0.15, 0.2) is 0 Å². The number of benzene rings is 1. The molecule has 0 aromatic heterocycles. The molecule has 2 atom stereocenters. The van der Waals surface area contributed by atoms with E-state index in [1.807, 2.05) is 11.8 Å². The van der Waals surface area contributed by atoms with Crippen molar-refractivity contribution in [1.82, 2.24) is 0 Å². The number of hydrogen-bond acceptors (Lipinski definition) is 3. The number of nitrogens with zero attached hydrogens (tertiary/aromatic N) is 2. The molecule has 1 saturated heterocycles. The van der Waals surface area contributed by atoms with Gasteiger partial charge in [-0.3, -0.25) is 0 Å². The SMILES string of the molecule is CC1CN(c2ccc(F)cc2C#N)CC(C)S1. The molecular formula is C13H15FN2S. The first kappa shape index (κ1) is 12.3. The minimum absolute atomic E-state index is 0.349. The molecule has 0 bridgehead atoms. The Hall–Kier alpha value is -1.21. The smallest absolute Gasteiger partial charge is 0.124 e. The average Bonchev–Trinajstić information content (AvgIpc) is 2.27. The van der Waals surface area contributed by atoms with Crippen molar-refractivity contribution in [1.29, 1.82) is 5.26 Å². The van der Waals surface area contributed by atoms with Crippen LogP contribution < -0.4 is 4.90 Å². The average molecular weight is 250 g/mol. The van der Waals surface area contributed by atoms with Crippen LogP contribution in [0.15, 0.2) is 18.2 Å². The number of rotatable bonds is 1. The maximum atomic E-state index is 13.1. The highest BCUT2D eigenvalue weighted by Crippen LogP contribution is 2.30. The van der Waals surface area contributed by atoms with Crippen LogP contribution in [0.2, 0.25) is 0 Å². The van der Waals surface area contributed by atoms with E-state index in [-0.39, 0.29) is 5.82 Å².